The van der Waals surface area contributed by atoms with Gasteiger partial charge in [-0.15, -0.1) is 0 Å². The molecule has 0 aliphatic heterocycles. The molecule has 2 heteroatoms. The van der Waals surface area contributed by atoms with Crippen molar-refractivity contribution >= 4 is 39.0 Å². The van der Waals surface area contributed by atoms with Gasteiger partial charge in [0.25, 0.3) is 0 Å². The third-order valence-corrected chi connectivity index (χ3v) is 12.7. The zero-order chi connectivity index (χ0) is 37.8. The van der Waals surface area contributed by atoms with Gasteiger partial charge in [-0.25, -0.2) is 0 Å². The minimum absolute atomic E-state index is 0.0651. The van der Waals surface area contributed by atoms with Crippen LogP contribution in [0.4, 0.5) is 17.1 Å². The first kappa shape index (κ1) is 32.8. The molecule has 2 nitrogen and oxygen atoms in total. The fraction of sp³-hybridized carbons (Fsp3) is 0.111. The van der Waals surface area contributed by atoms with Crippen LogP contribution < -0.4 is 4.90 Å². The Kier molecular flexibility index (Phi) is 6.98. The Morgan fingerprint density at radius 1 is 0.339 bits per heavy atom. The van der Waals surface area contributed by atoms with Crippen molar-refractivity contribution in [2.45, 2.75) is 38.5 Å². The molecule has 9 aromatic rings. The van der Waals surface area contributed by atoms with Gasteiger partial charge in [-0.2, -0.15) is 0 Å². The zero-order valence-electron chi connectivity index (χ0n) is 32.1. The number of anilines is 3. The topological polar surface area (TPSA) is 16.4 Å². The fourth-order valence-corrected chi connectivity index (χ4v) is 9.72. The lowest BCUT2D eigenvalue weighted by atomic mass is 9.81. The van der Waals surface area contributed by atoms with Crippen LogP contribution in [0.1, 0.15) is 49.9 Å². The summed E-state index contributed by atoms with van der Waals surface area (Å²) < 4.78 is 6.29. The van der Waals surface area contributed by atoms with E-state index >= 15 is 0 Å². The van der Waals surface area contributed by atoms with E-state index in [9.17, 15) is 0 Å². The Morgan fingerprint density at radius 2 is 0.804 bits per heavy atom. The number of hydrogen-bond acceptors (Lipinski definition) is 2. The molecule has 1 aromatic heterocycles. The molecule has 0 N–H and O–H groups in total. The van der Waals surface area contributed by atoms with Gasteiger partial charge in [-0.1, -0.05) is 143 Å². The summed E-state index contributed by atoms with van der Waals surface area (Å²) in [6.07, 6.45) is 0. The van der Waals surface area contributed by atoms with Gasteiger partial charge in [-0.3, -0.25) is 0 Å². The average Bonchev–Trinajstić information content (AvgIpc) is 3.80. The Morgan fingerprint density at radius 3 is 1.39 bits per heavy atom. The largest absolute Gasteiger partial charge is 0.456 e. The Bertz CT molecular complexity index is 2900. The van der Waals surface area contributed by atoms with Crippen LogP contribution in [0.25, 0.3) is 66.4 Å². The van der Waals surface area contributed by atoms with Crippen LogP contribution in [-0.2, 0) is 10.8 Å². The standard InChI is InChI=1S/C54H41NO/c1-53(2)47-20-8-5-17-41(47)43-26-23-36(31-49(43)53)34-13-11-15-38(29-34)55(40-25-28-52-46(33-40)45-19-7-10-22-51(45)56-52)39-16-12-14-35(30-39)37-24-27-44-42-18-6-9-21-48(42)54(3,4)50(44)32-37/h5-33H,1-4H3. The molecule has 268 valence electrons. The smallest absolute Gasteiger partial charge is 0.135 e. The molecule has 0 radical (unpaired) electrons. The lowest BCUT2D eigenvalue weighted by Crippen LogP contribution is -2.15. The molecule has 0 atom stereocenters. The van der Waals surface area contributed by atoms with Gasteiger partial charge >= 0.3 is 0 Å². The molecule has 56 heavy (non-hydrogen) atoms. The average molecular weight is 720 g/mol. The van der Waals surface area contributed by atoms with Crippen molar-refractivity contribution in [1.82, 2.24) is 0 Å². The molecule has 0 saturated heterocycles. The van der Waals surface area contributed by atoms with Crippen LogP contribution in [0.15, 0.2) is 180 Å². The molecule has 0 fully saturated rings. The first-order chi connectivity index (χ1) is 27.3. The summed E-state index contributed by atoms with van der Waals surface area (Å²) in [6, 6.07) is 64.7. The maximum absolute atomic E-state index is 6.29. The van der Waals surface area contributed by atoms with Crippen LogP contribution in [-0.4, -0.2) is 0 Å². The SMILES string of the molecule is CC1(C)c2ccccc2-c2ccc(-c3cccc(N(c4cccc(-c5ccc6c(c5)C(C)(C)c5ccccc5-6)c4)c4ccc5oc6ccccc6c5c4)c3)cc21. The van der Waals surface area contributed by atoms with Crippen molar-refractivity contribution in [2.24, 2.45) is 0 Å². The maximum Gasteiger partial charge on any atom is 0.135 e. The molecule has 0 spiro atoms. The number of para-hydroxylation sites is 1. The summed E-state index contributed by atoms with van der Waals surface area (Å²) in [5.74, 6) is 0. The molecule has 8 aromatic carbocycles. The molecule has 1 heterocycles. The Hall–Kier alpha value is -6.64. The second-order valence-electron chi connectivity index (χ2n) is 16.6. The predicted octanol–water partition coefficient (Wildman–Crippen LogP) is 15.0. The maximum atomic E-state index is 6.29. The van der Waals surface area contributed by atoms with Gasteiger partial charge in [0.2, 0.25) is 0 Å². The number of furan rings is 1. The number of nitrogens with zero attached hydrogens (tertiary/aromatic N) is 1. The van der Waals surface area contributed by atoms with E-state index in [2.05, 4.69) is 196 Å². The van der Waals surface area contributed by atoms with E-state index in [1.54, 1.807) is 0 Å². The third-order valence-electron chi connectivity index (χ3n) is 12.7. The number of benzene rings is 8. The number of rotatable bonds is 5. The number of fused-ring (bicyclic) bond motifs is 9. The van der Waals surface area contributed by atoms with E-state index in [1.807, 2.05) is 12.1 Å². The van der Waals surface area contributed by atoms with Crippen molar-refractivity contribution in [3.8, 4) is 44.5 Å². The highest BCUT2D eigenvalue weighted by Crippen LogP contribution is 2.51. The van der Waals surface area contributed by atoms with Gasteiger partial charge in [0.15, 0.2) is 0 Å². The van der Waals surface area contributed by atoms with E-state index in [-0.39, 0.29) is 10.8 Å². The quantitative estimate of drug-likeness (QED) is 0.176. The van der Waals surface area contributed by atoms with Crippen molar-refractivity contribution in [1.29, 1.82) is 0 Å². The molecule has 2 aliphatic carbocycles. The normalized spacial score (nSPS) is 14.4. The molecule has 0 unspecified atom stereocenters. The highest BCUT2D eigenvalue weighted by Gasteiger charge is 2.36. The van der Waals surface area contributed by atoms with Gasteiger partial charge < -0.3 is 9.32 Å². The molecule has 2 aliphatic rings. The predicted molar refractivity (Wildman–Crippen MR) is 234 cm³/mol. The molecule has 0 saturated carbocycles. The second-order valence-corrected chi connectivity index (χ2v) is 16.6. The monoisotopic (exact) mass is 719 g/mol. The highest BCUT2D eigenvalue weighted by molar-refractivity contribution is 6.06. The van der Waals surface area contributed by atoms with E-state index in [4.69, 9.17) is 4.42 Å². The fourth-order valence-electron chi connectivity index (χ4n) is 9.72. The van der Waals surface area contributed by atoms with Crippen molar-refractivity contribution in [2.75, 3.05) is 4.90 Å². The van der Waals surface area contributed by atoms with Crippen LogP contribution in [0.2, 0.25) is 0 Å². The summed E-state index contributed by atoms with van der Waals surface area (Å²) in [5.41, 5.74) is 20.7. The van der Waals surface area contributed by atoms with E-state index in [1.165, 1.54) is 66.8 Å². The molecule has 11 rings (SSSR count). The second kappa shape index (κ2) is 11.9. The molecule has 0 amide bonds. The summed E-state index contributed by atoms with van der Waals surface area (Å²) in [6.45, 7) is 9.40. The van der Waals surface area contributed by atoms with Gasteiger partial charge in [-0.05, 0) is 127 Å². The Labute approximate surface area is 328 Å². The third kappa shape index (κ3) is 4.82. The zero-order valence-corrected chi connectivity index (χ0v) is 32.1. The molecular formula is C54H41NO. The Balaban J connectivity index is 1.05. The summed E-state index contributed by atoms with van der Waals surface area (Å²) in [7, 11) is 0. The van der Waals surface area contributed by atoms with Crippen LogP contribution in [0, 0.1) is 0 Å². The van der Waals surface area contributed by atoms with Gasteiger partial charge in [0.05, 0.1) is 0 Å². The summed E-state index contributed by atoms with van der Waals surface area (Å²) in [5, 5.41) is 2.23. The molecular weight excluding hydrogens is 679 g/mol. The van der Waals surface area contributed by atoms with Crippen molar-refractivity contribution in [3.05, 3.63) is 198 Å². The lowest BCUT2D eigenvalue weighted by Gasteiger charge is -2.27. The van der Waals surface area contributed by atoms with Crippen molar-refractivity contribution in [3.63, 3.8) is 0 Å². The van der Waals surface area contributed by atoms with Gasteiger partial charge in [0.1, 0.15) is 11.2 Å². The lowest BCUT2D eigenvalue weighted by molar-refractivity contribution is 0.660. The van der Waals surface area contributed by atoms with Crippen LogP contribution >= 0.6 is 0 Å². The summed E-state index contributed by atoms with van der Waals surface area (Å²) >= 11 is 0. The van der Waals surface area contributed by atoms with Gasteiger partial charge in [0, 0.05) is 38.7 Å². The summed E-state index contributed by atoms with van der Waals surface area (Å²) in [4.78, 5) is 2.40. The minimum Gasteiger partial charge on any atom is -0.456 e. The number of hydrogen-bond donors (Lipinski definition) is 0. The molecule has 0 bridgehead atoms. The first-order valence-electron chi connectivity index (χ1n) is 19.7. The first-order valence-corrected chi connectivity index (χ1v) is 19.7. The van der Waals surface area contributed by atoms with E-state index in [0.717, 1.165) is 39.0 Å². The van der Waals surface area contributed by atoms with Crippen molar-refractivity contribution < 1.29 is 4.42 Å². The van der Waals surface area contributed by atoms with E-state index in [0.29, 0.717) is 0 Å². The van der Waals surface area contributed by atoms with E-state index < -0.39 is 0 Å². The van der Waals surface area contributed by atoms with Crippen LogP contribution in [0.5, 0.6) is 0 Å². The minimum atomic E-state index is -0.0651. The highest BCUT2D eigenvalue weighted by atomic mass is 16.3. The van der Waals surface area contributed by atoms with Crippen LogP contribution in [0.3, 0.4) is 0 Å².